The first-order valence-electron chi connectivity index (χ1n) is 9.66. The largest absolute Gasteiger partial charge is 0.491 e. The van der Waals surface area contributed by atoms with Gasteiger partial charge in [0, 0.05) is 32.7 Å². The maximum absolute atomic E-state index is 13.9. The van der Waals surface area contributed by atoms with Crippen LogP contribution in [0.5, 0.6) is 5.75 Å². The van der Waals surface area contributed by atoms with Crippen LogP contribution < -0.4 is 9.64 Å². The summed E-state index contributed by atoms with van der Waals surface area (Å²) in [4.78, 5) is 4.27. The molecule has 0 radical (unpaired) electrons. The summed E-state index contributed by atoms with van der Waals surface area (Å²) >= 11 is 0. The van der Waals surface area contributed by atoms with Gasteiger partial charge >= 0.3 is 0 Å². The summed E-state index contributed by atoms with van der Waals surface area (Å²) < 4.78 is 19.8. The van der Waals surface area contributed by atoms with Crippen LogP contribution in [0.1, 0.15) is 25.3 Å². The van der Waals surface area contributed by atoms with E-state index >= 15 is 0 Å². The summed E-state index contributed by atoms with van der Waals surface area (Å²) in [5.74, 6) is 1.05. The van der Waals surface area contributed by atoms with Crippen molar-refractivity contribution in [1.29, 1.82) is 0 Å². The smallest absolute Gasteiger partial charge is 0.146 e. The average Bonchev–Trinajstić information content (AvgIpc) is 2.68. The van der Waals surface area contributed by atoms with E-state index in [0.29, 0.717) is 18.2 Å². The van der Waals surface area contributed by atoms with Crippen molar-refractivity contribution in [1.82, 2.24) is 4.90 Å². The molecule has 1 unspecified atom stereocenters. The van der Waals surface area contributed by atoms with E-state index in [1.165, 1.54) is 6.07 Å². The Bertz CT molecular complexity index is 740. The summed E-state index contributed by atoms with van der Waals surface area (Å²) in [7, 11) is 0. The highest BCUT2D eigenvalue weighted by Gasteiger charge is 2.21. The molecular weight excluding hydrogens is 414 g/mol. The second-order valence-electron chi connectivity index (χ2n) is 7.40. The van der Waals surface area contributed by atoms with Crippen LogP contribution in [-0.4, -0.2) is 55.4 Å². The Labute approximate surface area is 185 Å². The molecule has 0 amide bonds. The predicted molar refractivity (Wildman–Crippen MR) is 122 cm³/mol. The first kappa shape index (κ1) is 25.5. The van der Waals surface area contributed by atoms with Gasteiger partial charge in [-0.05, 0) is 29.7 Å². The number of aliphatic hydroxyl groups excluding tert-OH is 1. The van der Waals surface area contributed by atoms with Crippen LogP contribution in [0.15, 0.2) is 48.5 Å². The van der Waals surface area contributed by atoms with E-state index in [0.717, 1.165) is 37.5 Å². The first-order valence-corrected chi connectivity index (χ1v) is 9.66. The van der Waals surface area contributed by atoms with Crippen molar-refractivity contribution in [3.8, 4) is 5.75 Å². The van der Waals surface area contributed by atoms with Crippen LogP contribution in [0.25, 0.3) is 0 Å². The highest BCUT2D eigenvalue weighted by atomic mass is 35.5. The van der Waals surface area contributed by atoms with Gasteiger partial charge in [0.05, 0.1) is 5.69 Å². The van der Waals surface area contributed by atoms with Crippen molar-refractivity contribution in [2.75, 3.05) is 44.2 Å². The first-order chi connectivity index (χ1) is 13.0. The number of para-hydroxylation sites is 2. The minimum Gasteiger partial charge on any atom is -0.491 e. The van der Waals surface area contributed by atoms with Gasteiger partial charge in [0.25, 0.3) is 0 Å². The number of hydrogen-bond donors (Lipinski definition) is 1. The molecule has 3 rings (SSSR count). The number of piperazine rings is 1. The number of benzene rings is 2. The molecule has 29 heavy (non-hydrogen) atoms. The van der Waals surface area contributed by atoms with Gasteiger partial charge in [0.15, 0.2) is 0 Å². The van der Waals surface area contributed by atoms with Crippen LogP contribution in [0.3, 0.4) is 0 Å². The van der Waals surface area contributed by atoms with E-state index in [9.17, 15) is 9.50 Å². The molecule has 1 N–H and O–H groups in total. The Morgan fingerprint density at radius 2 is 1.59 bits per heavy atom. The van der Waals surface area contributed by atoms with E-state index in [2.05, 4.69) is 29.7 Å². The lowest BCUT2D eigenvalue weighted by atomic mass is 10.0. The Morgan fingerprint density at radius 3 is 2.24 bits per heavy atom. The quantitative estimate of drug-likeness (QED) is 0.688. The van der Waals surface area contributed by atoms with E-state index in [4.69, 9.17) is 4.74 Å². The topological polar surface area (TPSA) is 35.9 Å². The fourth-order valence-corrected chi connectivity index (χ4v) is 3.51. The minimum absolute atomic E-state index is 0. The van der Waals surface area contributed by atoms with Crippen LogP contribution in [0.4, 0.5) is 10.1 Å². The summed E-state index contributed by atoms with van der Waals surface area (Å²) in [6.07, 6.45) is -0.551. The molecule has 1 fully saturated rings. The molecule has 2 aromatic carbocycles. The second-order valence-corrected chi connectivity index (χ2v) is 7.40. The zero-order chi connectivity index (χ0) is 19.2. The van der Waals surface area contributed by atoms with E-state index in [-0.39, 0.29) is 37.2 Å². The summed E-state index contributed by atoms with van der Waals surface area (Å²) in [6, 6.07) is 14.9. The highest BCUT2D eigenvalue weighted by Crippen LogP contribution is 2.26. The molecule has 0 bridgehead atoms. The molecule has 0 saturated carbocycles. The van der Waals surface area contributed by atoms with Gasteiger partial charge in [0.1, 0.15) is 24.3 Å². The highest BCUT2D eigenvalue weighted by molar-refractivity contribution is 5.85. The molecule has 2 aromatic rings. The lowest BCUT2D eigenvalue weighted by Gasteiger charge is -2.37. The Kier molecular flexibility index (Phi) is 10.8. The number of hydrogen-bond acceptors (Lipinski definition) is 4. The zero-order valence-corrected chi connectivity index (χ0v) is 18.6. The number of β-amino-alcohol motifs (C(OH)–C–C–N with tert-alkyl or cyclic N) is 1. The number of rotatable bonds is 7. The van der Waals surface area contributed by atoms with Crippen LogP contribution in [-0.2, 0) is 0 Å². The van der Waals surface area contributed by atoms with Crippen molar-refractivity contribution < 1.29 is 14.2 Å². The molecule has 1 atom stereocenters. The Balaban J connectivity index is 0.00000210. The fourth-order valence-electron chi connectivity index (χ4n) is 3.51. The van der Waals surface area contributed by atoms with Crippen molar-refractivity contribution in [2.24, 2.45) is 0 Å². The van der Waals surface area contributed by atoms with Crippen LogP contribution in [0, 0.1) is 5.82 Å². The van der Waals surface area contributed by atoms with Gasteiger partial charge in [-0.2, -0.15) is 0 Å². The van der Waals surface area contributed by atoms with Gasteiger partial charge in [-0.3, -0.25) is 4.90 Å². The molecule has 4 nitrogen and oxygen atoms in total. The van der Waals surface area contributed by atoms with E-state index in [1.807, 2.05) is 30.3 Å². The summed E-state index contributed by atoms with van der Waals surface area (Å²) in [5.41, 5.74) is 1.81. The molecule has 1 saturated heterocycles. The minimum atomic E-state index is -0.551. The number of anilines is 1. The standard InChI is InChI=1S/C22H29FN2O2.2ClH/c1-17(2)19-7-3-6-10-22(19)27-16-18(26)15-24-11-13-25(14-12-24)21-9-5-4-8-20(21)23;;/h3-10,17-18,26H,11-16H2,1-2H3;2*1H. The number of ether oxygens (including phenoxy) is 1. The molecule has 7 heteroatoms. The van der Waals surface area contributed by atoms with Crippen molar-refractivity contribution >= 4 is 30.5 Å². The van der Waals surface area contributed by atoms with Crippen molar-refractivity contribution in [2.45, 2.75) is 25.9 Å². The SMILES string of the molecule is CC(C)c1ccccc1OCC(O)CN1CCN(c2ccccc2F)CC1.Cl.Cl. The third kappa shape index (κ3) is 7.03. The van der Waals surface area contributed by atoms with Gasteiger partial charge in [-0.1, -0.05) is 44.2 Å². The Hall–Kier alpha value is -1.53. The molecule has 1 aliphatic rings. The molecule has 0 aromatic heterocycles. The van der Waals surface area contributed by atoms with Crippen LogP contribution >= 0.6 is 24.8 Å². The normalized spacial score (nSPS) is 15.4. The maximum atomic E-state index is 13.9. The fraction of sp³-hybridized carbons (Fsp3) is 0.455. The molecular formula is C22H31Cl2FN2O2. The monoisotopic (exact) mass is 444 g/mol. The average molecular weight is 445 g/mol. The lowest BCUT2D eigenvalue weighted by molar-refractivity contribution is 0.0658. The van der Waals surface area contributed by atoms with E-state index < -0.39 is 6.10 Å². The molecule has 162 valence electrons. The number of nitrogens with zero attached hydrogens (tertiary/aromatic N) is 2. The summed E-state index contributed by atoms with van der Waals surface area (Å²) in [5, 5.41) is 10.4. The number of aliphatic hydroxyl groups is 1. The summed E-state index contributed by atoms with van der Waals surface area (Å²) in [6.45, 7) is 8.21. The second kappa shape index (κ2) is 12.2. The molecule has 0 spiro atoms. The van der Waals surface area contributed by atoms with Gasteiger partial charge < -0.3 is 14.7 Å². The van der Waals surface area contributed by atoms with Gasteiger partial charge in [-0.25, -0.2) is 4.39 Å². The molecule has 1 aliphatic heterocycles. The molecule has 0 aliphatic carbocycles. The predicted octanol–water partition coefficient (Wildman–Crippen LogP) is 4.35. The lowest BCUT2D eigenvalue weighted by Crippen LogP contribution is -2.49. The van der Waals surface area contributed by atoms with Crippen molar-refractivity contribution in [3.05, 3.63) is 59.9 Å². The van der Waals surface area contributed by atoms with Crippen LogP contribution in [0.2, 0.25) is 0 Å². The molecule has 1 heterocycles. The van der Waals surface area contributed by atoms with E-state index in [1.54, 1.807) is 6.07 Å². The third-order valence-corrected chi connectivity index (χ3v) is 5.01. The third-order valence-electron chi connectivity index (χ3n) is 5.01. The zero-order valence-electron chi connectivity index (χ0n) is 17.0. The van der Waals surface area contributed by atoms with Gasteiger partial charge in [-0.15, -0.1) is 24.8 Å². The Morgan fingerprint density at radius 1 is 0.966 bits per heavy atom. The van der Waals surface area contributed by atoms with Crippen molar-refractivity contribution in [3.63, 3.8) is 0 Å². The maximum Gasteiger partial charge on any atom is 0.146 e. The van der Waals surface area contributed by atoms with Gasteiger partial charge in [0.2, 0.25) is 0 Å². The number of halogens is 3.